The zero-order valence-corrected chi connectivity index (χ0v) is 20.2. The van der Waals surface area contributed by atoms with E-state index in [1.165, 1.54) is 19.8 Å². The van der Waals surface area contributed by atoms with Gasteiger partial charge in [0.2, 0.25) is 0 Å². The van der Waals surface area contributed by atoms with E-state index in [0.717, 1.165) is 38.5 Å². The summed E-state index contributed by atoms with van der Waals surface area (Å²) in [4.78, 5) is 24.6. The van der Waals surface area contributed by atoms with Gasteiger partial charge in [0.05, 0.1) is 6.10 Å². The molecule has 0 spiro atoms. The smallest absolute Gasteiger partial charge is 0.302 e. The molecule has 5 aliphatic rings. The second-order valence-corrected chi connectivity index (χ2v) is 12.3. The number of ether oxygens (including phenoxy) is 3. The van der Waals surface area contributed by atoms with Crippen molar-refractivity contribution in [3.8, 4) is 0 Å². The Balaban J connectivity index is 1.43. The van der Waals surface area contributed by atoms with Gasteiger partial charge >= 0.3 is 5.97 Å². The van der Waals surface area contributed by atoms with Crippen LogP contribution in [0.2, 0.25) is 0 Å². The second-order valence-electron chi connectivity index (χ2n) is 12.3. The molecule has 0 N–H and O–H groups in total. The van der Waals surface area contributed by atoms with Crippen LogP contribution in [0.15, 0.2) is 0 Å². The van der Waals surface area contributed by atoms with Crippen molar-refractivity contribution in [1.82, 2.24) is 0 Å². The highest BCUT2D eigenvalue weighted by Crippen LogP contribution is 2.71. The fraction of sp³-hybridized carbons (Fsp3) is 0.923. The summed E-state index contributed by atoms with van der Waals surface area (Å²) in [6, 6.07) is 0. The molecular formula is C26H40O5. The fourth-order valence-corrected chi connectivity index (χ4v) is 9.31. The van der Waals surface area contributed by atoms with Gasteiger partial charge in [0, 0.05) is 12.3 Å². The number of rotatable bonds is 2. The van der Waals surface area contributed by atoms with E-state index in [0.29, 0.717) is 29.1 Å². The zero-order valence-electron chi connectivity index (χ0n) is 20.2. The first-order chi connectivity index (χ1) is 14.4. The van der Waals surface area contributed by atoms with Gasteiger partial charge in [0.1, 0.15) is 6.10 Å². The maximum atomic E-state index is 13.1. The van der Waals surface area contributed by atoms with Crippen LogP contribution in [0.25, 0.3) is 0 Å². The van der Waals surface area contributed by atoms with E-state index < -0.39 is 11.4 Å². The van der Waals surface area contributed by atoms with Crippen molar-refractivity contribution in [2.75, 3.05) is 0 Å². The first-order valence-electron chi connectivity index (χ1n) is 12.5. The number of Topliss-reactive ketones (excluding diaryl/α,β-unsaturated/α-hetero) is 1. The van der Waals surface area contributed by atoms with Crippen LogP contribution in [0.5, 0.6) is 0 Å². The Morgan fingerprint density at radius 3 is 2.32 bits per heavy atom. The van der Waals surface area contributed by atoms with Crippen LogP contribution in [0, 0.1) is 34.5 Å². The van der Waals surface area contributed by atoms with Crippen LogP contribution < -0.4 is 0 Å². The van der Waals surface area contributed by atoms with E-state index in [1.807, 2.05) is 13.8 Å². The topological polar surface area (TPSA) is 61.8 Å². The van der Waals surface area contributed by atoms with Crippen molar-refractivity contribution in [3.05, 3.63) is 0 Å². The molecule has 5 rings (SSSR count). The van der Waals surface area contributed by atoms with Crippen molar-refractivity contribution in [1.29, 1.82) is 0 Å². The molecule has 4 saturated carbocycles. The van der Waals surface area contributed by atoms with Gasteiger partial charge in [0.15, 0.2) is 17.2 Å². The summed E-state index contributed by atoms with van der Waals surface area (Å²) in [5.41, 5.74) is -0.642. The molecule has 174 valence electrons. The lowest BCUT2D eigenvalue weighted by Gasteiger charge is -2.61. The Kier molecular flexibility index (Phi) is 4.79. The van der Waals surface area contributed by atoms with Crippen molar-refractivity contribution < 1.29 is 23.8 Å². The van der Waals surface area contributed by atoms with Gasteiger partial charge in [-0.1, -0.05) is 13.8 Å². The molecule has 0 aromatic carbocycles. The third-order valence-corrected chi connectivity index (χ3v) is 10.5. The molecule has 4 aliphatic carbocycles. The number of fused-ring (bicyclic) bond motifs is 7. The van der Waals surface area contributed by atoms with Crippen molar-refractivity contribution in [3.63, 3.8) is 0 Å². The monoisotopic (exact) mass is 432 g/mol. The van der Waals surface area contributed by atoms with E-state index >= 15 is 0 Å². The minimum Gasteiger partial charge on any atom is -0.463 e. The molecule has 31 heavy (non-hydrogen) atoms. The maximum Gasteiger partial charge on any atom is 0.302 e. The Morgan fingerprint density at radius 2 is 1.65 bits per heavy atom. The molecule has 1 saturated heterocycles. The summed E-state index contributed by atoms with van der Waals surface area (Å²) in [5, 5.41) is 0. The molecule has 1 aliphatic heterocycles. The van der Waals surface area contributed by atoms with E-state index in [9.17, 15) is 9.59 Å². The number of carbonyl (C=O) groups is 2. The molecule has 0 radical (unpaired) electrons. The Hall–Kier alpha value is -0.940. The molecule has 5 heteroatoms. The zero-order chi connectivity index (χ0) is 22.4. The lowest BCUT2D eigenvalue weighted by molar-refractivity contribution is -0.219. The molecule has 5 fully saturated rings. The first kappa shape index (κ1) is 21.9. The van der Waals surface area contributed by atoms with E-state index in [1.54, 1.807) is 6.92 Å². The van der Waals surface area contributed by atoms with Crippen molar-refractivity contribution >= 4 is 11.8 Å². The number of esters is 1. The normalized spacial score (nSPS) is 52.5. The van der Waals surface area contributed by atoms with Crippen LogP contribution in [0.1, 0.15) is 92.9 Å². The second kappa shape index (κ2) is 6.79. The van der Waals surface area contributed by atoms with Gasteiger partial charge in [-0.15, -0.1) is 0 Å². The summed E-state index contributed by atoms with van der Waals surface area (Å²) in [6.07, 6.45) is 8.66. The molecule has 1 heterocycles. The third kappa shape index (κ3) is 2.87. The average molecular weight is 433 g/mol. The highest BCUT2D eigenvalue weighted by molar-refractivity contribution is 5.88. The van der Waals surface area contributed by atoms with Crippen molar-refractivity contribution in [2.24, 2.45) is 34.5 Å². The number of hydrogen-bond donors (Lipinski definition) is 0. The Labute approximate surface area is 186 Å². The average Bonchev–Trinajstić information content (AvgIpc) is 3.08. The van der Waals surface area contributed by atoms with E-state index in [-0.39, 0.29) is 29.4 Å². The van der Waals surface area contributed by atoms with Crippen LogP contribution in [0.3, 0.4) is 0 Å². The van der Waals surface area contributed by atoms with Crippen LogP contribution >= 0.6 is 0 Å². The standard InChI is InChI=1S/C26H40O5/c1-15(27)26-22(30-23(3,4)31-26)14-21-19-8-7-17-13-18(29-16(2)28)9-11-24(17,5)20(19)10-12-25(21,26)6/h17-22H,7-14H2,1-6H3. The number of hydrogen-bond acceptors (Lipinski definition) is 5. The summed E-state index contributed by atoms with van der Waals surface area (Å²) in [5.74, 6) is 1.71. The first-order valence-corrected chi connectivity index (χ1v) is 12.5. The van der Waals surface area contributed by atoms with E-state index in [2.05, 4.69) is 13.8 Å². The SMILES string of the molecule is CC(=O)OC1CCC2(C)C(CCC3C2CCC2(C)C3CC3OC(C)(C)OC32C(C)=O)C1. The maximum absolute atomic E-state index is 13.1. The predicted octanol–water partition coefficient (Wildman–Crippen LogP) is 5.05. The van der Waals surface area contributed by atoms with E-state index in [4.69, 9.17) is 14.2 Å². The Morgan fingerprint density at radius 1 is 0.903 bits per heavy atom. The lowest BCUT2D eigenvalue weighted by Crippen LogP contribution is -2.60. The third-order valence-electron chi connectivity index (χ3n) is 10.5. The van der Waals surface area contributed by atoms with Gasteiger partial charge in [-0.25, -0.2) is 0 Å². The summed E-state index contributed by atoms with van der Waals surface area (Å²) < 4.78 is 18.5. The van der Waals surface area contributed by atoms with Gasteiger partial charge in [0.25, 0.3) is 0 Å². The molecular weight excluding hydrogens is 392 g/mol. The lowest BCUT2D eigenvalue weighted by atomic mass is 9.44. The van der Waals surface area contributed by atoms with Crippen molar-refractivity contribution in [2.45, 2.75) is 117 Å². The minimum atomic E-state index is -0.795. The van der Waals surface area contributed by atoms with Gasteiger partial charge < -0.3 is 14.2 Å². The summed E-state index contributed by atoms with van der Waals surface area (Å²) in [6.45, 7) is 12.0. The predicted molar refractivity (Wildman–Crippen MR) is 116 cm³/mol. The van der Waals surface area contributed by atoms with Gasteiger partial charge in [-0.3, -0.25) is 9.59 Å². The van der Waals surface area contributed by atoms with Gasteiger partial charge in [-0.2, -0.15) is 0 Å². The van der Waals surface area contributed by atoms with Gasteiger partial charge in [-0.05, 0) is 101 Å². The Bertz CT molecular complexity index is 791. The summed E-state index contributed by atoms with van der Waals surface area (Å²) >= 11 is 0. The molecule has 5 nitrogen and oxygen atoms in total. The molecule has 0 amide bonds. The largest absolute Gasteiger partial charge is 0.463 e. The molecule has 9 atom stereocenters. The minimum absolute atomic E-state index is 0.0943. The molecule has 0 aromatic heterocycles. The molecule has 0 bridgehead atoms. The highest BCUT2D eigenvalue weighted by atomic mass is 16.8. The number of ketones is 1. The number of carbonyl (C=O) groups excluding carboxylic acids is 2. The van der Waals surface area contributed by atoms with Crippen LogP contribution in [0.4, 0.5) is 0 Å². The quantitative estimate of drug-likeness (QED) is 0.572. The van der Waals surface area contributed by atoms with Crippen LogP contribution in [-0.4, -0.2) is 35.3 Å². The fourth-order valence-electron chi connectivity index (χ4n) is 9.31. The molecule has 9 unspecified atom stereocenters. The summed E-state index contributed by atoms with van der Waals surface area (Å²) in [7, 11) is 0. The van der Waals surface area contributed by atoms with Crippen LogP contribution in [-0.2, 0) is 23.8 Å². The molecule has 0 aromatic rings. The highest BCUT2D eigenvalue weighted by Gasteiger charge is 2.75.